The minimum Gasteiger partial charge on any atom is -0.287 e. The van der Waals surface area contributed by atoms with Gasteiger partial charge in [-0.3, -0.25) is 19.2 Å². The third-order valence-corrected chi connectivity index (χ3v) is 14.1. The first kappa shape index (κ1) is 31.2. The van der Waals surface area contributed by atoms with Gasteiger partial charge < -0.3 is 0 Å². The van der Waals surface area contributed by atoms with Crippen molar-refractivity contribution < 1.29 is 0 Å². The number of benzene rings is 4. The van der Waals surface area contributed by atoms with E-state index >= 15 is 0 Å². The summed E-state index contributed by atoms with van der Waals surface area (Å²) in [6.07, 6.45) is 14.6. The van der Waals surface area contributed by atoms with Gasteiger partial charge in [0, 0.05) is 52.5 Å². The fraction of sp³-hybridized carbons (Fsp3) is 0.261. The highest BCUT2D eigenvalue weighted by Crippen LogP contribution is 2.56. The molecule has 6 nitrogen and oxygen atoms in total. The Balaban J connectivity index is 1.09. The molecule has 0 atom stereocenters. The number of nitrogens with zero attached hydrogens (tertiary/aromatic N) is 2. The molecule has 6 aromatic carbocycles. The van der Waals surface area contributed by atoms with Gasteiger partial charge in [0.1, 0.15) is 0 Å². The maximum absolute atomic E-state index is 13.4. The van der Waals surface area contributed by atoms with Gasteiger partial charge in [0.15, 0.2) is 10.7 Å². The summed E-state index contributed by atoms with van der Waals surface area (Å²) in [6, 6.07) is 23.4. The van der Waals surface area contributed by atoms with Crippen molar-refractivity contribution in [3.05, 3.63) is 158 Å². The van der Waals surface area contributed by atoms with Crippen LogP contribution < -0.4 is 32.4 Å². The number of rotatable bonds is 2. The van der Waals surface area contributed by atoms with E-state index in [1.807, 2.05) is 0 Å². The van der Waals surface area contributed by atoms with Gasteiger partial charge in [-0.2, -0.15) is 0 Å². The summed E-state index contributed by atoms with van der Waals surface area (Å²) >= 11 is 1.77. The first-order valence-electron chi connectivity index (χ1n) is 18.9. The minimum atomic E-state index is -0.345. The van der Waals surface area contributed by atoms with Crippen molar-refractivity contribution in [3.63, 3.8) is 0 Å². The minimum absolute atomic E-state index is 0.0348. The van der Waals surface area contributed by atoms with E-state index in [2.05, 4.69) is 36.4 Å². The standard InChI is InChI=1S/C46H34N2O4S/c49-41-27-11-3-4-12-28(27)42(50)39(41)47-37-21-25-19-35-31(23-33(25)45(37)15-7-1-8-16-45)32-24-34-26(20-36(32)53-35)22-38(46(34)17-9-2-10-18-46)48-40-43(51)29-13-5-6-14-30(29)44(40)52/h3-6,11-14,19-24H,1-2,7-10,15-18H2. The molecule has 53 heavy (non-hydrogen) atoms. The van der Waals surface area contributed by atoms with Crippen molar-refractivity contribution in [2.24, 2.45) is 9.98 Å². The van der Waals surface area contributed by atoms with Gasteiger partial charge in [0.2, 0.25) is 21.7 Å². The Labute approximate surface area is 307 Å². The van der Waals surface area contributed by atoms with Crippen LogP contribution in [0.1, 0.15) is 86.5 Å². The lowest BCUT2D eigenvalue weighted by molar-refractivity contribution is 0.342. The third kappa shape index (κ3) is 4.20. The Kier molecular flexibility index (Phi) is 6.50. The van der Waals surface area contributed by atoms with Crippen molar-refractivity contribution in [1.82, 2.24) is 0 Å². The topological polar surface area (TPSA) is 93.0 Å². The number of fused-ring (bicyclic) bond motifs is 9. The second-order valence-corrected chi connectivity index (χ2v) is 16.7. The monoisotopic (exact) mass is 710 g/mol. The van der Waals surface area contributed by atoms with Crippen LogP contribution in [0.3, 0.4) is 0 Å². The molecular formula is C46H34N2O4S. The molecule has 0 amide bonds. The van der Waals surface area contributed by atoms with Crippen LogP contribution in [0.5, 0.6) is 0 Å². The van der Waals surface area contributed by atoms with E-state index in [1.54, 1.807) is 59.9 Å². The third-order valence-electron chi connectivity index (χ3n) is 13.0. The summed E-state index contributed by atoms with van der Waals surface area (Å²) in [5.74, 6) is 0. The summed E-state index contributed by atoms with van der Waals surface area (Å²) in [4.78, 5) is 63.7. The molecule has 1 heterocycles. The molecule has 1 aromatic heterocycles. The molecule has 0 unspecified atom stereocenters. The normalized spacial score (nSPS) is 18.6. The van der Waals surface area contributed by atoms with E-state index in [1.165, 1.54) is 31.3 Å². The molecule has 2 saturated carbocycles. The summed E-state index contributed by atoms with van der Waals surface area (Å²) in [7, 11) is 0. The lowest BCUT2D eigenvalue weighted by Crippen LogP contribution is -2.35. The highest BCUT2D eigenvalue weighted by molar-refractivity contribution is 7.25. The largest absolute Gasteiger partial charge is 0.287 e. The summed E-state index contributed by atoms with van der Waals surface area (Å²) in [5.41, 5.74) is 4.61. The molecule has 11 rings (SSSR count). The van der Waals surface area contributed by atoms with Crippen LogP contribution in [0.4, 0.5) is 0 Å². The molecule has 4 aliphatic rings. The molecule has 4 aliphatic carbocycles. The fourth-order valence-corrected chi connectivity index (χ4v) is 11.5. The van der Waals surface area contributed by atoms with Crippen LogP contribution in [0.25, 0.3) is 53.9 Å². The van der Waals surface area contributed by atoms with Crippen LogP contribution in [0.15, 0.2) is 113 Å². The Morgan fingerprint density at radius 1 is 0.453 bits per heavy atom. The van der Waals surface area contributed by atoms with Crippen molar-refractivity contribution >= 4 is 65.2 Å². The lowest BCUT2D eigenvalue weighted by Gasteiger charge is -2.36. The van der Waals surface area contributed by atoms with E-state index in [-0.39, 0.29) is 43.3 Å². The Morgan fingerprint density at radius 2 is 0.811 bits per heavy atom. The van der Waals surface area contributed by atoms with Gasteiger partial charge in [-0.25, -0.2) is 9.98 Å². The van der Waals surface area contributed by atoms with E-state index in [4.69, 9.17) is 9.98 Å². The van der Waals surface area contributed by atoms with Crippen LogP contribution >= 0.6 is 11.3 Å². The maximum Gasteiger partial charge on any atom is 0.216 e. The van der Waals surface area contributed by atoms with Crippen molar-refractivity contribution in [2.75, 3.05) is 0 Å². The summed E-state index contributed by atoms with van der Waals surface area (Å²) in [6.45, 7) is 0. The highest BCUT2D eigenvalue weighted by atomic mass is 32.1. The van der Waals surface area contributed by atoms with Crippen LogP contribution in [0.2, 0.25) is 0 Å². The molecule has 7 aromatic rings. The predicted molar refractivity (Wildman–Crippen MR) is 214 cm³/mol. The van der Waals surface area contributed by atoms with E-state index in [0.717, 1.165) is 86.7 Å². The smallest absolute Gasteiger partial charge is 0.216 e. The average Bonchev–Trinajstić information content (AvgIpc) is 3.91. The van der Waals surface area contributed by atoms with Crippen molar-refractivity contribution in [2.45, 2.75) is 75.0 Å². The van der Waals surface area contributed by atoms with Crippen LogP contribution in [-0.2, 0) is 10.8 Å². The van der Waals surface area contributed by atoms with Gasteiger partial charge in [-0.15, -0.1) is 11.3 Å². The van der Waals surface area contributed by atoms with Gasteiger partial charge in [-0.1, -0.05) is 87.1 Å². The van der Waals surface area contributed by atoms with Crippen LogP contribution in [-0.4, -0.2) is 0 Å². The molecule has 7 heteroatoms. The van der Waals surface area contributed by atoms with Gasteiger partial charge in [0.05, 0.1) is 11.4 Å². The lowest BCUT2D eigenvalue weighted by atomic mass is 9.68. The van der Waals surface area contributed by atoms with Gasteiger partial charge in [-0.05, 0) is 84.4 Å². The zero-order valence-electron chi connectivity index (χ0n) is 29.1. The van der Waals surface area contributed by atoms with Crippen LogP contribution in [0, 0.1) is 0 Å². The summed E-state index contributed by atoms with van der Waals surface area (Å²) < 4.78 is 2.39. The molecule has 258 valence electrons. The Bertz CT molecular complexity index is 2860. The number of thiophene rings is 1. The highest BCUT2D eigenvalue weighted by Gasteiger charge is 2.45. The molecule has 0 N–H and O–H groups in total. The first-order valence-corrected chi connectivity index (χ1v) is 19.7. The molecule has 0 aliphatic heterocycles. The maximum atomic E-state index is 13.4. The number of allylic oxidation sites excluding steroid dienone is 2. The van der Waals surface area contributed by atoms with Crippen molar-refractivity contribution in [3.8, 4) is 0 Å². The van der Waals surface area contributed by atoms with Gasteiger partial charge >= 0.3 is 0 Å². The quantitative estimate of drug-likeness (QED) is 0.183. The zero-order valence-corrected chi connectivity index (χ0v) is 29.9. The molecule has 0 radical (unpaired) electrons. The average molecular weight is 711 g/mol. The van der Waals surface area contributed by atoms with Crippen molar-refractivity contribution in [1.29, 1.82) is 0 Å². The van der Waals surface area contributed by atoms with E-state index in [9.17, 15) is 19.2 Å². The number of hydrogen-bond donors (Lipinski definition) is 0. The Morgan fingerprint density at radius 3 is 1.17 bits per heavy atom. The first-order chi connectivity index (χ1) is 25.9. The Hall–Kier alpha value is -5.40. The predicted octanol–water partition coefficient (Wildman–Crippen LogP) is 7.87. The summed E-state index contributed by atoms with van der Waals surface area (Å²) in [5, 5.41) is 4.25. The molecule has 0 saturated heterocycles. The number of hydrogen-bond acceptors (Lipinski definition) is 7. The van der Waals surface area contributed by atoms with E-state index < -0.39 is 0 Å². The zero-order chi connectivity index (χ0) is 35.6. The van der Waals surface area contributed by atoms with Gasteiger partial charge in [0.25, 0.3) is 0 Å². The molecule has 2 spiro atoms. The molecule has 2 fully saturated rings. The molecular weight excluding hydrogens is 677 g/mol. The van der Waals surface area contributed by atoms with E-state index in [0.29, 0.717) is 21.5 Å². The second kappa shape index (κ2) is 11.1. The second-order valence-electron chi connectivity index (χ2n) is 15.6. The SMILES string of the molecule is O=c1c(=NC2=Cc3cc4sc5cc6c(cc5c4cc3C23CCCCC3)C2(CCCCC2)C(N=c2c(=O)c3ccccc3c2=O)=C6)c(=O)c2ccccc12. The molecule has 0 bridgehead atoms. The fourth-order valence-electron chi connectivity index (χ4n) is 10.4.